The summed E-state index contributed by atoms with van der Waals surface area (Å²) >= 11 is 0. The fourth-order valence-corrected chi connectivity index (χ4v) is 6.02. The van der Waals surface area contributed by atoms with Gasteiger partial charge in [0, 0.05) is 17.0 Å². The molecule has 0 N–H and O–H groups in total. The first kappa shape index (κ1) is 21.8. The third-order valence-corrected chi connectivity index (χ3v) is 7.82. The number of rotatable bonds is 3. The van der Waals surface area contributed by atoms with Crippen molar-refractivity contribution in [1.82, 2.24) is 9.55 Å². The summed E-state index contributed by atoms with van der Waals surface area (Å²) in [6, 6.07) is 50.1. The lowest BCUT2D eigenvalue weighted by Gasteiger charge is -2.12. The Hall–Kier alpha value is -5.21. The molecule has 2 heteroatoms. The number of benzene rings is 6. The monoisotopic (exact) mass is 496 g/mol. The maximum absolute atomic E-state index is 4.78. The molecule has 0 aliphatic heterocycles. The second-order valence-corrected chi connectivity index (χ2v) is 10.0. The van der Waals surface area contributed by atoms with Gasteiger partial charge in [-0.15, -0.1) is 0 Å². The van der Waals surface area contributed by atoms with E-state index >= 15 is 0 Å². The Labute approximate surface area is 226 Å². The first-order chi connectivity index (χ1) is 19.3. The molecule has 8 aromatic rings. The van der Waals surface area contributed by atoms with E-state index in [-0.39, 0.29) is 0 Å². The zero-order valence-corrected chi connectivity index (χ0v) is 21.3. The topological polar surface area (TPSA) is 17.8 Å². The highest BCUT2D eigenvalue weighted by molar-refractivity contribution is 6.21. The molecule has 2 heterocycles. The molecule has 0 atom stereocenters. The second kappa shape index (κ2) is 8.68. The molecule has 0 saturated heterocycles. The molecule has 0 fully saturated rings. The van der Waals surface area contributed by atoms with E-state index in [1.54, 1.807) is 0 Å². The van der Waals surface area contributed by atoms with E-state index in [1.165, 1.54) is 54.6 Å². The smallest absolute Gasteiger partial charge is 0.137 e. The van der Waals surface area contributed by atoms with E-state index in [1.807, 2.05) is 12.3 Å². The Morgan fingerprint density at radius 3 is 1.87 bits per heavy atom. The number of nitrogens with zero attached hydrogens (tertiary/aromatic N) is 2. The van der Waals surface area contributed by atoms with Gasteiger partial charge in [0.2, 0.25) is 0 Å². The molecule has 2 aromatic heterocycles. The summed E-state index contributed by atoms with van der Waals surface area (Å²) in [6.45, 7) is 0. The van der Waals surface area contributed by atoms with Gasteiger partial charge in [-0.3, -0.25) is 4.57 Å². The molecule has 0 radical (unpaired) electrons. The van der Waals surface area contributed by atoms with E-state index in [0.29, 0.717) is 0 Å². The fraction of sp³-hybridized carbons (Fsp3) is 0. The van der Waals surface area contributed by atoms with Crippen LogP contribution in [0.1, 0.15) is 0 Å². The molecule has 39 heavy (non-hydrogen) atoms. The summed E-state index contributed by atoms with van der Waals surface area (Å²) in [5.74, 6) is 0.922. The Bertz CT molecular complexity index is 2140. The van der Waals surface area contributed by atoms with Gasteiger partial charge in [-0.2, -0.15) is 0 Å². The molecule has 0 unspecified atom stereocenters. The van der Waals surface area contributed by atoms with Crippen LogP contribution >= 0.6 is 0 Å². The van der Waals surface area contributed by atoms with Crippen molar-refractivity contribution in [3.05, 3.63) is 146 Å². The van der Waals surface area contributed by atoms with Gasteiger partial charge in [0.05, 0.1) is 11.0 Å². The summed E-state index contributed by atoms with van der Waals surface area (Å²) in [4.78, 5) is 4.78. The van der Waals surface area contributed by atoms with Gasteiger partial charge >= 0.3 is 0 Å². The molecule has 8 rings (SSSR count). The molecular weight excluding hydrogens is 472 g/mol. The molecule has 0 bridgehead atoms. The average Bonchev–Trinajstić information content (AvgIpc) is 3.33. The highest BCUT2D eigenvalue weighted by atomic mass is 15.1. The SMILES string of the molecule is c1ccc(-c2ccc3c4cc5c(cc(-c6ccccc6)c6ccccc65)cc4n(-c4ccccn4)c3c2)cc1. The van der Waals surface area contributed by atoms with Gasteiger partial charge in [0.1, 0.15) is 5.82 Å². The molecule has 0 aliphatic rings. The molecule has 2 nitrogen and oxygen atoms in total. The maximum Gasteiger partial charge on any atom is 0.137 e. The molecule has 6 aromatic carbocycles. The van der Waals surface area contributed by atoms with Crippen molar-refractivity contribution in [1.29, 1.82) is 0 Å². The van der Waals surface area contributed by atoms with Gasteiger partial charge in [-0.25, -0.2) is 4.98 Å². The van der Waals surface area contributed by atoms with Gasteiger partial charge < -0.3 is 0 Å². The van der Waals surface area contributed by atoms with Crippen molar-refractivity contribution in [2.24, 2.45) is 0 Å². The van der Waals surface area contributed by atoms with Crippen LogP contribution in [0.4, 0.5) is 0 Å². The van der Waals surface area contributed by atoms with Crippen LogP contribution in [0.2, 0.25) is 0 Å². The Morgan fingerprint density at radius 1 is 0.410 bits per heavy atom. The highest BCUT2D eigenvalue weighted by Gasteiger charge is 2.17. The number of fused-ring (bicyclic) bond motifs is 6. The quantitative estimate of drug-likeness (QED) is 0.223. The van der Waals surface area contributed by atoms with Crippen molar-refractivity contribution in [2.75, 3.05) is 0 Å². The predicted molar refractivity (Wildman–Crippen MR) is 164 cm³/mol. The second-order valence-electron chi connectivity index (χ2n) is 10.0. The molecule has 0 aliphatic carbocycles. The average molecular weight is 497 g/mol. The van der Waals surface area contributed by atoms with E-state index in [2.05, 4.69) is 138 Å². The minimum atomic E-state index is 0.922. The predicted octanol–water partition coefficient (Wildman–Crippen LogP) is 9.82. The van der Waals surface area contributed by atoms with E-state index in [9.17, 15) is 0 Å². The Kier molecular flexibility index (Phi) is 4.86. The van der Waals surface area contributed by atoms with Gasteiger partial charge in [0.25, 0.3) is 0 Å². The standard InChI is InChI=1S/C37H24N2/c1-3-11-25(12-4-1)27-18-19-31-34-24-33-28(23-36(34)39(35(31)22-27)37-17-9-10-20-38-37)21-32(26-13-5-2-6-14-26)29-15-7-8-16-30(29)33/h1-24H. The lowest BCUT2D eigenvalue weighted by atomic mass is 9.92. The third kappa shape index (κ3) is 3.46. The van der Waals surface area contributed by atoms with Crippen LogP contribution in [-0.4, -0.2) is 9.55 Å². The van der Waals surface area contributed by atoms with E-state index in [0.717, 1.165) is 16.9 Å². The first-order valence-electron chi connectivity index (χ1n) is 13.3. The van der Waals surface area contributed by atoms with Gasteiger partial charge in [-0.05, 0) is 80.2 Å². The maximum atomic E-state index is 4.78. The molecular formula is C37H24N2. The van der Waals surface area contributed by atoms with E-state index in [4.69, 9.17) is 4.98 Å². The Morgan fingerprint density at radius 2 is 1.10 bits per heavy atom. The van der Waals surface area contributed by atoms with Crippen molar-refractivity contribution in [3.63, 3.8) is 0 Å². The lowest BCUT2D eigenvalue weighted by Crippen LogP contribution is -1.96. The largest absolute Gasteiger partial charge is 0.294 e. The summed E-state index contributed by atoms with van der Waals surface area (Å²) in [5.41, 5.74) is 7.22. The fourth-order valence-electron chi connectivity index (χ4n) is 6.02. The van der Waals surface area contributed by atoms with Crippen LogP contribution in [0.25, 0.3) is 71.4 Å². The zero-order valence-electron chi connectivity index (χ0n) is 21.3. The van der Waals surface area contributed by atoms with Crippen molar-refractivity contribution in [2.45, 2.75) is 0 Å². The summed E-state index contributed by atoms with van der Waals surface area (Å²) in [5, 5.41) is 7.51. The van der Waals surface area contributed by atoms with Crippen LogP contribution in [0.15, 0.2) is 146 Å². The number of aromatic nitrogens is 2. The molecule has 182 valence electrons. The minimum Gasteiger partial charge on any atom is -0.294 e. The van der Waals surface area contributed by atoms with Crippen LogP contribution in [0, 0.1) is 0 Å². The van der Waals surface area contributed by atoms with Crippen LogP contribution < -0.4 is 0 Å². The minimum absolute atomic E-state index is 0.922. The van der Waals surface area contributed by atoms with E-state index < -0.39 is 0 Å². The molecule has 0 saturated carbocycles. The van der Waals surface area contributed by atoms with Crippen LogP contribution in [-0.2, 0) is 0 Å². The van der Waals surface area contributed by atoms with Gasteiger partial charge in [-0.1, -0.05) is 103 Å². The van der Waals surface area contributed by atoms with Crippen molar-refractivity contribution in [3.8, 4) is 28.1 Å². The van der Waals surface area contributed by atoms with Gasteiger partial charge in [0.15, 0.2) is 0 Å². The Balaban J connectivity index is 1.51. The van der Waals surface area contributed by atoms with Crippen LogP contribution in [0.3, 0.4) is 0 Å². The van der Waals surface area contributed by atoms with Crippen molar-refractivity contribution >= 4 is 43.4 Å². The third-order valence-electron chi connectivity index (χ3n) is 7.82. The molecule has 0 amide bonds. The van der Waals surface area contributed by atoms with Crippen LogP contribution in [0.5, 0.6) is 0 Å². The van der Waals surface area contributed by atoms with Crippen molar-refractivity contribution < 1.29 is 0 Å². The molecule has 0 spiro atoms. The summed E-state index contributed by atoms with van der Waals surface area (Å²) in [6.07, 6.45) is 1.87. The zero-order chi connectivity index (χ0) is 25.8. The number of pyridine rings is 1. The normalized spacial score (nSPS) is 11.6. The number of hydrogen-bond donors (Lipinski definition) is 0. The summed E-state index contributed by atoms with van der Waals surface area (Å²) < 4.78 is 2.31. The first-order valence-corrected chi connectivity index (χ1v) is 13.3. The summed E-state index contributed by atoms with van der Waals surface area (Å²) in [7, 11) is 0. The highest BCUT2D eigenvalue weighted by Crippen LogP contribution is 2.40. The lowest BCUT2D eigenvalue weighted by molar-refractivity contribution is 1.08. The number of hydrogen-bond acceptors (Lipinski definition) is 1.